The zero-order valence-corrected chi connectivity index (χ0v) is 10.7. The number of methoxy groups -OCH3 is 1. The Balaban J connectivity index is 1.75. The van der Waals surface area contributed by atoms with E-state index in [-0.39, 0.29) is 0 Å². The Morgan fingerprint density at radius 1 is 1.31 bits per heavy atom. The topological polar surface area (TPSA) is 24.5 Å². The van der Waals surface area contributed by atoms with Gasteiger partial charge in [-0.25, -0.2) is 0 Å². The number of hydrogen-bond donors (Lipinski definition) is 1. The van der Waals surface area contributed by atoms with Crippen LogP contribution in [-0.4, -0.2) is 50.3 Å². The van der Waals surface area contributed by atoms with E-state index in [1.54, 1.807) is 7.11 Å². The lowest BCUT2D eigenvalue weighted by atomic mass is 9.94. The average molecular weight is 226 g/mol. The van der Waals surface area contributed by atoms with Crippen LogP contribution in [0.15, 0.2) is 0 Å². The molecule has 2 unspecified atom stereocenters. The Morgan fingerprint density at radius 2 is 2.12 bits per heavy atom. The minimum absolute atomic E-state index is 0.709. The molecule has 0 aromatic rings. The quantitative estimate of drug-likeness (QED) is 0.742. The molecular formula is C13H26N2O. The third-order valence-corrected chi connectivity index (χ3v) is 3.86. The third-order valence-electron chi connectivity index (χ3n) is 3.86. The Labute approximate surface area is 99.5 Å². The van der Waals surface area contributed by atoms with Crippen LogP contribution in [0.3, 0.4) is 0 Å². The smallest absolute Gasteiger partial charge is 0.0589 e. The van der Waals surface area contributed by atoms with Gasteiger partial charge in [-0.15, -0.1) is 0 Å². The van der Waals surface area contributed by atoms with Gasteiger partial charge in [-0.1, -0.05) is 6.92 Å². The molecule has 0 spiro atoms. The summed E-state index contributed by atoms with van der Waals surface area (Å²) in [5, 5.41) is 3.66. The van der Waals surface area contributed by atoms with Crippen molar-refractivity contribution in [1.82, 2.24) is 10.2 Å². The van der Waals surface area contributed by atoms with Crippen LogP contribution in [0.5, 0.6) is 0 Å². The monoisotopic (exact) mass is 226 g/mol. The molecule has 0 aromatic carbocycles. The largest absolute Gasteiger partial charge is 0.383 e. The van der Waals surface area contributed by atoms with Crippen LogP contribution >= 0.6 is 0 Å². The Kier molecular flexibility index (Phi) is 4.62. The second-order valence-corrected chi connectivity index (χ2v) is 5.50. The van der Waals surface area contributed by atoms with Crippen molar-refractivity contribution in [3.8, 4) is 0 Å². The van der Waals surface area contributed by atoms with Crippen molar-refractivity contribution in [2.75, 3.05) is 33.4 Å². The van der Waals surface area contributed by atoms with Crippen molar-refractivity contribution in [2.24, 2.45) is 5.92 Å². The fourth-order valence-electron chi connectivity index (χ4n) is 2.71. The third kappa shape index (κ3) is 3.72. The second kappa shape index (κ2) is 5.99. The average Bonchev–Trinajstić information content (AvgIpc) is 3.08. The molecule has 1 saturated carbocycles. The Bertz CT molecular complexity index is 206. The number of rotatable bonds is 6. The minimum atomic E-state index is 0.709. The molecule has 3 heteroatoms. The van der Waals surface area contributed by atoms with E-state index >= 15 is 0 Å². The van der Waals surface area contributed by atoms with E-state index in [1.165, 1.54) is 38.8 Å². The Hall–Kier alpha value is -0.120. The van der Waals surface area contributed by atoms with Gasteiger partial charge in [-0.2, -0.15) is 0 Å². The zero-order chi connectivity index (χ0) is 11.4. The van der Waals surface area contributed by atoms with Crippen LogP contribution < -0.4 is 5.32 Å². The van der Waals surface area contributed by atoms with E-state index < -0.39 is 0 Å². The lowest BCUT2D eigenvalue weighted by Crippen LogP contribution is -2.47. The highest BCUT2D eigenvalue weighted by molar-refractivity contribution is 4.88. The van der Waals surface area contributed by atoms with E-state index in [2.05, 4.69) is 17.1 Å². The first-order valence-electron chi connectivity index (χ1n) is 6.76. The first kappa shape index (κ1) is 12.3. The SMILES string of the molecule is COCCN(CC1CC(C)CCN1)C1CC1. The standard InChI is InChI=1S/C13H26N2O/c1-11-5-6-14-12(9-11)10-15(7-8-16-2)13-3-4-13/h11-14H,3-10H2,1-2H3. The van der Waals surface area contributed by atoms with Gasteiger partial charge >= 0.3 is 0 Å². The van der Waals surface area contributed by atoms with Gasteiger partial charge in [0.2, 0.25) is 0 Å². The molecule has 1 aliphatic carbocycles. The normalized spacial score (nSPS) is 30.9. The van der Waals surface area contributed by atoms with Crippen LogP contribution in [0.25, 0.3) is 0 Å². The molecule has 0 bridgehead atoms. The molecular weight excluding hydrogens is 200 g/mol. The molecule has 1 saturated heterocycles. The van der Waals surface area contributed by atoms with Crippen molar-refractivity contribution in [3.63, 3.8) is 0 Å². The lowest BCUT2D eigenvalue weighted by Gasteiger charge is -2.33. The van der Waals surface area contributed by atoms with Gasteiger partial charge in [0.15, 0.2) is 0 Å². The first-order valence-corrected chi connectivity index (χ1v) is 6.76. The van der Waals surface area contributed by atoms with E-state index in [0.717, 1.165) is 25.1 Å². The van der Waals surface area contributed by atoms with Crippen LogP contribution in [0.2, 0.25) is 0 Å². The van der Waals surface area contributed by atoms with Crippen molar-refractivity contribution in [3.05, 3.63) is 0 Å². The maximum atomic E-state index is 5.20. The van der Waals surface area contributed by atoms with Crippen molar-refractivity contribution < 1.29 is 4.74 Å². The molecule has 1 heterocycles. The summed E-state index contributed by atoms with van der Waals surface area (Å²) in [7, 11) is 1.80. The van der Waals surface area contributed by atoms with Gasteiger partial charge in [0.05, 0.1) is 6.61 Å². The summed E-state index contributed by atoms with van der Waals surface area (Å²) in [4.78, 5) is 2.62. The van der Waals surface area contributed by atoms with Crippen molar-refractivity contribution >= 4 is 0 Å². The zero-order valence-electron chi connectivity index (χ0n) is 10.7. The van der Waals surface area contributed by atoms with E-state index in [9.17, 15) is 0 Å². The first-order chi connectivity index (χ1) is 7.79. The summed E-state index contributed by atoms with van der Waals surface area (Å²) in [5.74, 6) is 0.898. The maximum absolute atomic E-state index is 5.20. The fraction of sp³-hybridized carbons (Fsp3) is 1.00. The predicted octanol–water partition coefficient (Wildman–Crippen LogP) is 1.49. The van der Waals surface area contributed by atoms with Crippen molar-refractivity contribution in [2.45, 2.75) is 44.7 Å². The molecule has 1 aliphatic heterocycles. The number of piperidine rings is 1. The number of nitrogens with zero attached hydrogens (tertiary/aromatic N) is 1. The summed E-state index contributed by atoms with van der Waals surface area (Å²) in [6.45, 7) is 6.78. The second-order valence-electron chi connectivity index (χ2n) is 5.50. The van der Waals surface area contributed by atoms with Gasteiger partial charge in [0, 0.05) is 32.3 Å². The molecule has 2 atom stereocenters. The van der Waals surface area contributed by atoms with Gasteiger partial charge in [0.1, 0.15) is 0 Å². The highest BCUT2D eigenvalue weighted by Crippen LogP contribution is 2.27. The maximum Gasteiger partial charge on any atom is 0.0589 e. The number of ether oxygens (including phenoxy) is 1. The summed E-state index contributed by atoms with van der Waals surface area (Å²) < 4.78 is 5.20. The van der Waals surface area contributed by atoms with Crippen LogP contribution in [-0.2, 0) is 4.74 Å². The molecule has 94 valence electrons. The van der Waals surface area contributed by atoms with Crippen LogP contribution in [0.4, 0.5) is 0 Å². The molecule has 2 fully saturated rings. The van der Waals surface area contributed by atoms with E-state index in [4.69, 9.17) is 4.74 Å². The van der Waals surface area contributed by atoms with E-state index in [0.29, 0.717) is 6.04 Å². The molecule has 16 heavy (non-hydrogen) atoms. The van der Waals surface area contributed by atoms with Gasteiger partial charge < -0.3 is 10.1 Å². The minimum Gasteiger partial charge on any atom is -0.383 e. The summed E-state index contributed by atoms with van der Waals surface area (Å²) in [5.41, 5.74) is 0. The van der Waals surface area contributed by atoms with Gasteiger partial charge in [0.25, 0.3) is 0 Å². The lowest BCUT2D eigenvalue weighted by molar-refractivity contribution is 0.128. The van der Waals surface area contributed by atoms with Gasteiger partial charge in [-0.3, -0.25) is 4.90 Å². The Morgan fingerprint density at radius 3 is 2.75 bits per heavy atom. The predicted molar refractivity (Wildman–Crippen MR) is 66.7 cm³/mol. The molecule has 3 nitrogen and oxygen atoms in total. The summed E-state index contributed by atoms with van der Waals surface area (Å²) >= 11 is 0. The number of hydrogen-bond acceptors (Lipinski definition) is 3. The fourth-order valence-corrected chi connectivity index (χ4v) is 2.71. The van der Waals surface area contributed by atoms with Crippen LogP contribution in [0.1, 0.15) is 32.6 Å². The van der Waals surface area contributed by atoms with Crippen LogP contribution in [0, 0.1) is 5.92 Å². The summed E-state index contributed by atoms with van der Waals surface area (Å²) in [6, 6.07) is 1.57. The molecule has 2 aliphatic rings. The summed E-state index contributed by atoms with van der Waals surface area (Å²) in [6.07, 6.45) is 5.48. The number of nitrogens with one attached hydrogen (secondary N) is 1. The molecule has 0 radical (unpaired) electrons. The highest BCUT2D eigenvalue weighted by Gasteiger charge is 2.31. The molecule has 0 amide bonds. The molecule has 2 rings (SSSR count). The van der Waals surface area contributed by atoms with Crippen molar-refractivity contribution in [1.29, 1.82) is 0 Å². The van der Waals surface area contributed by atoms with Gasteiger partial charge in [-0.05, 0) is 38.1 Å². The van der Waals surface area contributed by atoms with E-state index in [1.807, 2.05) is 0 Å². The highest BCUT2D eigenvalue weighted by atomic mass is 16.5. The molecule has 1 N–H and O–H groups in total. The molecule has 0 aromatic heterocycles.